The van der Waals surface area contributed by atoms with Crippen molar-refractivity contribution >= 4 is 14.2 Å². The maximum atomic E-state index is 6.25. The average molecular weight is 229 g/mol. The molecule has 0 aromatic heterocycles. The molecule has 88 valence electrons. The Morgan fingerprint density at radius 1 is 1.33 bits per heavy atom. The summed E-state index contributed by atoms with van der Waals surface area (Å²) in [4.78, 5) is 4.29. The summed E-state index contributed by atoms with van der Waals surface area (Å²) in [5.74, 6) is 0.778. The molecule has 1 aliphatic rings. The minimum absolute atomic E-state index is 0.0934. The van der Waals surface area contributed by atoms with Crippen LogP contribution in [0.25, 0.3) is 0 Å². The fourth-order valence-corrected chi connectivity index (χ4v) is 2.64. The van der Waals surface area contributed by atoms with Crippen LogP contribution < -0.4 is 0 Å². The fraction of sp³-hybridized carbons (Fsp3) is 0.909. The quantitative estimate of drug-likeness (QED) is 0.682. The molecular formula is C11H23NO2Si. The van der Waals surface area contributed by atoms with Gasteiger partial charge < -0.3 is 9.16 Å². The van der Waals surface area contributed by atoms with Gasteiger partial charge in [-0.25, -0.2) is 0 Å². The van der Waals surface area contributed by atoms with Crippen molar-refractivity contribution in [2.24, 2.45) is 4.99 Å². The zero-order valence-electron chi connectivity index (χ0n) is 10.8. The van der Waals surface area contributed by atoms with Gasteiger partial charge in [0.25, 0.3) is 0 Å². The molecule has 0 aliphatic carbocycles. The Morgan fingerprint density at radius 3 is 2.40 bits per heavy atom. The summed E-state index contributed by atoms with van der Waals surface area (Å²) >= 11 is 0. The Balaban J connectivity index is 2.66. The molecule has 1 atom stereocenters. The van der Waals surface area contributed by atoms with Crippen LogP contribution in [0.4, 0.5) is 0 Å². The van der Waals surface area contributed by atoms with E-state index in [0.717, 1.165) is 18.9 Å². The SMILES string of the molecule is COC1=NCCC1O[Si](C)(C)C(C)(C)C. The molecule has 1 aliphatic heterocycles. The van der Waals surface area contributed by atoms with Crippen LogP contribution in [0.15, 0.2) is 4.99 Å². The lowest BCUT2D eigenvalue weighted by atomic mass is 10.2. The van der Waals surface area contributed by atoms with Crippen molar-refractivity contribution in [3.05, 3.63) is 0 Å². The molecule has 0 fully saturated rings. The molecule has 0 amide bonds. The molecule has 0 aromatic carbocycles. The monoisotopic (exact) mass is 229 g/mol. The summed E-state index contributed by atoms with van der Waals surface area (Å²) in [6.45, 7) is 12.1. The van der Waals surface area contributed by atoms with E-state index >= 15 is 0 Å². The van der Waals surface area contributed by atoms with Crippen molar-refractivity contribution < 1.29 is 9.16 Å². The van der Waals surface area contributed by atoms with Gasteiger partial charge in [-0.3, -0.25) is 4.99 Å². The first kappa shape index (κ1) is 12.7. The summed E-state index contributed by atoms with van der Waals surface area (Å²) in [5, 5.41) is 0.244. The van der Waals surface area contributed by atoms with Crippen molar-refractivity contribution in [1.82, 2.24) is 0 Å². The standard InChI is InChI=1S/C11H23NO2Si/c1-11(2,3)15(5,6)14-9-7-8-12-10(9)13-4/h9H,7-8H2,1-6H3. The van der Waals surface area contributed by atoms with Gasteiger partial charge in [0.05, 0.1) is 7.11 Å². The number of ether oxygens (including phenoxy) is 1. The van der Waals surface area contributed by atoms with E-state index in [9.17, 15) is 0 Å². The van der Waals surface area contributed by atoms with Gasteiger partial charge in [0.2, 0.25) is 5.90 Å². The van der Waals surface area contributed by atoms with Crippen LogP contribution in [0.1, 0.15) is 27.2 Å². The maximum Gasteiger partial charge on any atom is 0.211 e. The normalized spacial score (nSPS) is 22.8. The molecule has 3 nitrogen and oxygen atoms in total. The number of hydrogen-bond acceptors (Lipinski definition) is 3. The molecule has 1 heterocycles. The van der Waals surface area contributed by atoms with Crippen LogP contribution in [-0.2, 0) is 9.16 Å². The lowest BCUT2D eigenvalue weighted by Crippen LogP contribution is -2.45. The zero-order chi connectivity index (χ0) is 11.7. The summed E-state index contributed by atoms with van der Waals surface area (Å²) in [7, 11) is -0.0161. The molecule has 0 bridgehead atoms. The van der Waals surface area contributed by atoms with Crippen LogP contribution in [0.3, 0.4) is 0 Å². The summed E-state index contributed by atoms with van der Waals surface area (Å²) < 4.78 is 11.5. The first-order valence-corrected chi connectivity index (χ1v) is 8.45. The first-order valence-electron chi connectivity index (χ1n) is 5.54. The average Bonchev–Trinajstić information content (AvgIpc) is 2.48. The van der Waals surface area contributed by atoms with E-state index in [1.807, 2.05) is 0 Å². The van der Waals surface area contributed by atoms with Gasteiger partial charge >= 0.3 is 0 Å². The molecular weight excluding hydrogens is 206 g/mol. The van der Waals surface area contributed by atoms with Crippen molar-refractivity contribution in [3.8, 4) is 0 Å². The summed E-state index contributed by atoms with van der Waals surface area (Å²) in [5.41, 5.74) is 0. The van der Waals surface area contributed by atoms with Crippen molar-refractivity contribution in [3.63, 3.8) is 0 Å². The number of rotatable bonds is 2. The van der Waals surface area contributed by atoms with Gasteiger partial charge in [-0.15, -0.1) is 0 Å². The second kappa shape index (κ2) is 4.26. The molecule has 0 saturated heterocycles. The van der Waals surface area contributed by atoms with Crippen molar-refractivity contribution in [2.45, 2.75) is 51.4 Å². The van der Waals surface area contributed by atoms with Crippen LogP contribution >= 0.6 is 0 Å². The third-order valence-electron chi connectivity index (χ3n) is 3.39. The van der Waals surface area contributed by atoms with E-state index in [0.29, 0.717) is 0 Å². The second-order valence-electron chi connectivity index (χ2n) is 5.58. The molecule has 1 rings (SSSR count). The van der Waals surface area contributed by atoms with Gasteiger partial charge in [0.1, 0.15) is 6.10 Å². The molecule has 4 heteroatoms. The molecule has 0 spiro atoms. The van der Waals surface area contributed by atoms with E-state index in [1.165, 1.54) is 0 Å². The smallest absolute Gasteiger partial charge is 0.211 e. The Labute approximate surface area is 94.0 Å². The minimum atomic E-state index is -1.69. The van der Waals surface area contributed by atoms with Crippen LogP contribution in [0.5, 0.6) is 0 Å². The zero-order valence-corrected chi connectivity index (χ0v) is 11.8. The van der Waals surface area contributed by atoms with Crippen molar-refractivity contribution in [2.75, 3.05) is 13.7 Å². The third kappa shape index (κ3) is 2.81. The van der Waals surface area contributed by atoms with E-state index in [2.05, 4.69) is 38.9 Å². The van der Waals surface area contributed by atoms with Gasteiger partial charge in [-0.2, -0.15) is 0 Å². The molecule has 0 saturated carbocycles. The Kier molecular flexibility index (Phi) is 3.61. The maximum absolute atomic E-state index is 6.25. The largest absolute Gasteiger partial charge is 0.482 e. The lowest BCUT2D eigenvalue weighted by molar-refractivity contribution is 0.212. The number of hydrogen-bond donors (Lipinski definition) is 0. The fourth-order valence-electron chi connectivity index (χ4n) is 1.36. The first-order chi connectivity index (χ1) is 6.78. The number of nitrogens with zero attached hydrogens (tertiary/aromatic N) is 1. The molecule has 15 heavy (non-hydrogen) atoms. The molecule has 1 unspecified atom stereocenters. The van der Waals surface area contributed by atoms with Gasteiger partial charge in [-0.1, -0.05) is 20.8 Å². The summed E-state index contributed by atoms with van der Waals surface area (Å²) in [6.07, 6.45) is 1.06. The van der Waals surface area contributed by atoms with E-state index in [1.54, 1.807) is 7.11 Å². The highest BCUT2D eigenvalue weighted by Gasteiger charge is 2.41. The number of methoxy groups -OCH3 is 1. The predicted octanol–water partition coefficient (Wildman–Crippen LogP) is 2.83. The highest BCUT2D eigenvalue weighted by molar-refractivity contribution is 6.74. The van der Waals surface area contributed by atoms with Crippen LogP contribution in [0, 0.1) is 0 Å². The molecule has 0 radical (unpaired) electrons. The topological polar surface area (TPSA) is 30.8 Å². The summed E-state index contributed by atoms with van der Waals surface area (Å²) in [6, 6.07) is 0. The molecule has 0 aromatic rings. The van der Waals surface area contributed by atoms with Gasteiger partial charge in [-0.05, 0) is 18.1 Å². The second-order valence-corrected chi connectivity index (χ2v) is 10.3. The Morgan fingerprint density at radius 2 is 1.93 bits per heavy atom. The minimum Gasteiger partial charge on any atom is -0.482 e. The van der Waals surface area contributed by atoms with Crippen LogP contribution in [-0.4, -0.2) is 34.0 Å². The van der Waals surface area contributed by atoms with Crippen LogP contribution in [0.2, 0.25) is 18.1 Å². The number of aliphatic imine (C=N–C) groups is 1. The highest BCUT2D eigenvalue weighted by Crippen LogP contribution is 2.38. The Hall–Kier alpha value is -0.353. The van der Waals surface area contributed by atoms with E-state index < -0.39 is 8.32 Å². The molecule has 0 N–H and O–H groups in total. The van der Waals surface area contributed by atoms with Crippen molar-refractivity contribution in [1.29, 1.82) is 0 Å². The van der Waals surface area contributed by atoms with E-state index in [-0.39, 0.29) is 11.1 Å². The predicted molar refractivity (Wildman–Crippen MR) is 66.0 cm³/mol. The Bertz CT molecular complexity index is 256. The highest BCUT2D eigenvalue weighted by atomic mass is 28.4. The lowest BCUT2D eigenvalue weighted by Gasteiger charge is -2.38. The van der Waals surface area contributed by atoms with E-state index in [4.69, 9.17) is 9.16 Å². The van der Waals surface area contributed by atoms with Gasteiger partial charge in [0.15, 0.2) is 8.32 Å². The van der Waals surface area contributed by atoms with Gasteiger partial charge in [0, 0.05) is 13.0 Å². The third-order valence-corrected chi connectivity index (χ3v) is 7.87.